The molecule has 1 saturated heterocycles. The lowest BCUT2D eigenvalue weighted by Gasteiger charge is -2.12. The number of benzene rings is 1. The SMILES string of the molecule is O=C1CCC(CCOCc2ccccc2)CCO1. The Bertz CT molecular complexity index is 361. The van der Waals surface area contributed by atoms with Crippen LogP contribution in [0.1, 0.15) is 31.2 Å². The third-order valence-corrected chi connectivity index (χ3v) is 3.33. The molecule has 1 aliphatic rings. The van der Waals surface area contributed by atoms with Crippen LogP contribution in [0.15, 0.2) is 30.3 Å². The second-order valence-corrected chi connectivity index (χ2v) is 4.74. The summed E-state index contributed by atoms with van der Waals surface area (Å²) in [5, 5.41) is 0. The first kappa shape index (κ1) is 13.1. The first-order valence-corrected chi connectivity index (χ1v) is 6.62. The summed E-state index contributed by atoms with van der Waals surface area (Å²) in [5.74, 6) is 0.509. The molecule has 3 nitrogen and oxygen atoms in total. The Hall–Kier alpha value is -1.35. The van der Waals surface area contributed by atoms with Crippen molar-refractivity contribution >= 4 is 5.97 Å². The van der Waals surface area contributed by atoms with E-state index >= 15 is 0 Å². The van der Waals surface area contributed by atoms with Crippen LogP contribution in [0.4, 0.5) is 0 Å². The molecule has 18 heavy (non-hydrogen) atoms. The second kappa shape index (κ2) is 7.17. The van der Waals surface area contributed by atoms with Gasteiger partial charge in [0, 0.05) is 13.0 Å². The molecule has 1 aromatic rings. The van der Waals surface area contributed by atoms with Gasteiger partial charge in [-0.1, -0.05) is 30.3 Å². The molecule has 1 unspecified atom stereocenters. The van der Waals surface area contributed by atoms with Crippen molar-refractivity contribution in [3.05, 3.63) is 35.9 Å². The molecular formula is C15H20O3. The lowest BCUT2D eigenvalue weighted by atomic mass is 9.97. The zero-order valence-corrected chi connectivity index (χ0v) is 10.6. The van der Waals surface area contributed by atoms with Gasteiger partial charge in [0.1, 0.15) is 0 Å². The highest BCUT2D eigenvalue weighted by Crippen LogP contribution is 2.20. The molecule has 1 aromatic carbocycles. The predicted octanol–water partition coefficient (Wildman–Crippen LogP) is 2.94. The standard InChI is InChI=1S/C15H20O3/c16-15-7-6-13(9-11-18-15)8-10-17-12-14-4-2-1-3-5-14/h1-5,13H,6-12H2. The van der Waals surface area contributed by atoms with Gasteiger partial charge in [-0.3, -0.25) is 4.79 Å². The van der Waals surface area contributed by atoms with Crippen molar-refractivity contribution < 1.29 is 14.3 Å². The number of ether oxygens (including phenoxy) is 2. The van der Waals surface area contributed by atoms with Gasteiger partial charge in [-0.2, -0.15) is 0 Å². The van der Waals surface area contributed by atoms with Crippen LogP contribution < -0.4 is 0 Å². The average Bonchev–Trinajstić information content (AvgIpc) is 2.61. The van der Waals surface area contributed by atoms with Crippen molar-refractivity contribution in [1.82, 2.24) is 0 Å². The van der Waals surface area contributed by atoms with E-state index in [0.29, 0.717) is 25.6 Å². The summed E-state index contributed by atoms with van der Waals surface area (Å²) in [5.41, 5.74) is 1.21. The molecule has 3 heteroatoms. The zero-order chi connectivity index (χ0) is 12.6. The Morgan fingerprint density at radius 2 is 2.06 bits per heavy atom. The number of cyclic esters (lactones) is 1. The molecule has 0 N–H and O–H groups in total. The number of carbonyl (C=O) groups excluding carboxylic acids is 1. The smallest absolute Gasteiger partial charge is 0.305 e. The summed E-state index contributed by atoms with van der Waals surface area (Å²) in [6.07, 6.45) is 3.49. The van der Waals surface area contributed by atoms with E-state index in [-0.39, 0.29) is 5.97 Å². The van der Waals surface area contributed by atoms with Crippen LogP contribution in [-0.2, 0) is 20.9 Å². The summed E-state index contributed by atoms with van der Waals surface area (Å²) in [7, 11) is 0. The summed E-state index contributed by atoms with van der Waals surface area (Å²) in [6.45, 7) is 2.00. The molecule has 0 spiro atoms. The van der Waals surface area contributed by atoms with E-state index in [0.717, 1.165) is 25.9 Å². The Kier molecular flexibility index (Phi) is 5.21. The van der Waals surface area contributed by atoms with Gasteiger partial charge in [0.2, 0.25) is 0 Å². The molecule has 1 aliphatic heterocycles. The maximum absolute atomic E-state index is 11.1. The highest BCUT2D eigenvalue weighted by Gasteiger charge is 2.16. The van der Waals surface area contributed by atoms with Gasteiger partial charge in [-0.15, -0.1) is 0 Å². The van der Waals surface area contributed by atoms with Crippen LogP contribution in [0.2, 0.25) is 0 Å². The van der Waals surface area contributed by atoms with Gasteiger partial charge in [0.15, 0.2) is 0 Å². The summed E-state index contributed by atoms with van der Waals surface area (Å²) < 4.78 is 10.7. The monoisotopic (exact) mass is 248 g/mol. The third kappa shape index (κ3) is 4.49. The molecule has 0 radical (unpaired) electrons. The van der Waals surface area contributed by atoms with Crippen LogP contribution >= 0.6 is 0 Å². The molecule has 0 bridgehead atoms. The summed E-state index contributed by atoms with van der Waals surface area (Å²) >= 11 is 0. The van der Waals surface area contributed by atoms with Gasteiger partial charge < -0.3 is 9.47 Å². The van der Waals surface area contributed by atoms with E-state index in [2.05, 4.69) is 12.1 Å². The normalized spacial score (nSPS) is 20.2. The number of hydrogen-bond acceptors (Lipinski definition) is 3. The molecular weight excluding hydrogens is 228 g/mol. The van der Waals surface area contributed by atoms with Crippen molar-refractivity contribution in [3.8, 4) is 0 Å². The van der Waals surface area contributed by atoms with Crippen molar-refractivity contribution in [1.29, 1.82) is 0 Å². The largest absolute Gasteiger partial charge is 0.466 e. The maximum Gasteiger partial charge on any atom is 0.305 e. The Morgan fingerprint density at radius 1 is 1.22 bits per heavy atom. The van der Waals surface area contributed by atoms with Crippen LogP contribution in [0, 0.1) is 5.92 Å². The van der Waals surface area contributed by atoms with E-state index in [1.807, 2.05) is 18.2 Å². The fraction of sp³-hybridized carbons (Fsp3) is 0.533. The molecule has 0 aromatic heterocycles. The fourth-order valence-electron chi connectivity index (χ4n) is 2.18. The van der Waals surface area contributed by atoms with Crippen LogP contribution in [0.3, 0.4) is 0 Å². The zero-order valence-electron chi connectivity index (χ0n) is 10.6. The van der Waals surface area contributed by atoms with Crippen LogP contribution in [0.25, 0.3) is 0 Å². The van der Waals surface area contributed by atoms with Crippen LogP contribution in [0.5, 0.6) is 0 Å². The quantitative estimate of drug-likeness (QED) is 0.593. The first-order valence-electron chi connectivity index (χ1n) is 6.62. The first-order chi connectivity index (χ1) is 8.84. The van der Waals surface area contributed by atoms with Crippen LogP contribution in [-0.4, -0.2) is 19.2 Å². The molecule has 1 heterocycles. The van der Waals surface area contributed by atoms with Gasteiger partial charge in [0.25, 0.3) is 0 Å². The van der Waals surface area contributed by atoms with Gasteiger partial charge in [-0.05, 0) is 30.7 Å². The van der Waals surface area contributed by atoms with E-state index < -0.39 is 0 Å². The van der Waals surface area contributed by atoms with Crippen molar-refractivity contribution in [2.24, 2.45) is 5.92 Å². The lowest BCUT2D eigenvalue weighted by Crippen LogP contribution is -2.06. The molecule has 0 aliphatic carbocycles. The van der Waals surface area contributed by atoms with Gasteiger partial charge >= 0.3 is 5.97 Å². The number of esters is 1. The average molecular weight is 248 g/mol. The van der Waals surface area contributed by atoms with Crippen molar-refractivity contribution in [2.45, 2.75) is 32.3 Å². The predicted molar refractivity (Wildman–Crippen MR) is 69.0 cm³/mol. The van der Waals surface area contributed by atoms with E-state index in [9.17, 15) is 4.79 Å². The minimum atomic E-state index is -0.0531. The van der Waals surface area contributed by atoms with E-state index in [4.69, 9.17) is 9.47 Å². The van der Waals surface area contributed by atoms with Crippen molar-refractivity contribution in [2.75, 3.05) is 13.2 Å². The molecule has 0 saturated carbocycles. The fourth-order valence-corrected chi connectivity index (χ4v) is 2.18. The van der Waals surface area contributed by atoms with Crippen molar-refractivity contribution in [3.63, 3.8) is 0 Å². The summed E-state index contributed by atoms with van der Waals surface area (Å²) in [6, 6.07) is 10.2. The van der Waals surface area contributed by atoms with E-state index in [1.54, 1.807) is 0 Å². The molecule has 0 amide bonds. The topological polar surface area (TPSA) is 35.5 Å². The molecule has 98 valence electrons. The van der Waals surface area contributed by atoms with Gasteiger partial charge in [0.05, 0.1) is 13.2 Å². The minimum Gasteiger partial charge on any atom is -0.466 e. The second-order valence-electron chi connectivity index (χ2n) is 4.74. The molecule has 1 fully saturated rings. The lowest BCUT2D eigenvalue weighted by molar-refractivity contribution is -0.142. The Labute approximate surface area is 108 Å². The highest BCUT2D eigenvalue weighted by atomic mass is 16.5. The number of rotatable bonds is 5. The van der Waals surface area contributed by atoms with E-state index in [1.165, 1.54) is 5.56 Å². The molecule has 2 rings (SSSR count). The number of hydrogen-bond donors (Lipinski definition) is 0. The maximum atomic E-state index is 11.1. The Balaban J connectivity index is 1.62. The Morgan fingerprint density at radius 3 is 2.89 bits per heavy atom. The van der Waals surface area contributed by atoms with Gasteiger partial charge in [-0.25, -0.2) is 0 Å². The number of carbonyl (C=O) groups is 1. The third-order valence-electron chi connectivity index (χ3n) is 3.33. The summed E-state index contributed by atoms with van der Waals surface area (Å²) in [4.78, 5) is 11.1. The molecule has 1 atom stereocenters. The minimum absolute atomic E-state index is 0.0531. The highest BCUT2D eigenvalue weighted by molar-refractivity contribution is 5.69.